The highest BCUT2D eigenvalue weighted by molar-refractivity contribution is 6.04. The molecule has 3 nitrogen and oxygen atoms in total. The fourth-order valence-electron chi connectivity index (χ4n) is 3.80. The van der Waals surface area contributed by atoms with E-state index in [1.807, 2.05) is 24.3 Å². The molecule has 0 amide bonds. The Morgan fingerprint density at radius 3 is 2.57 bits per heavy atom. The van der Waals surface area contributed by atoms with Gasteiger partial charge in [0, 0.05) is 17.6 Å². The summed E-state index contributed by atoms with van der Waals surface area (Å²) in [6.07, 6.45) is 4.46. The van der Waals surface area contributed by atoms with Crippen LogP contribution in [0.25, 0.3) is 10.9 Å². The predicted octanol–water partition coefficient (Wildman–Crippen LogP) is 4.27. The Morgan fingerprint density at radius 1 is 1.00 bits per heavy atom. The lowest BCUT2D eigenvalue weighted by atomic mass is 9.95. The second-order valence-electron chi connectivity index (χ2n) is 6.21. The molecule has 23 heavy (non-hydrogen) atoms. The van der Waals surface area contributed by atoms with Crippen molar-refractivity contribution in [3.63, 3.8) is 0 Å². The number of carboxylic acid groups (broad SMARTS) is 1. The average molecular weight is 305 g/mol. The van der Waals surface area contributed by atoms with Crippen LogP contribution in [0.2, 0.25) is 0 Å². The zero-order valence-corrected chi connectivity index (χ0v) is 13.0. The lowest BCUT2D eigenvalue weighted by molar-refractivity contribution is 0.0698. The molecule has 116 valence electrons. The van der Waals surface area contributed by atoms with Gasteiger partial charge in [-0.15, -0.1) is 0 Å². The maximum Gasteiger partial charge on any atom is 0.337 e. The molecule has 0 radical (unpaired) electrons. The first-order valence-corrected chi connectivity index (χ1v) is 8.16. The molecule has 1 N–H and O–H groups in total. The third-order valence-corrected chi connectivity index (χ3v) is 4.81. The molecule has 0 spiro atoms. The molecule has 0 unspecified atom stereocenters. The van der Waals surface area contributed by atoms with Gasteiger partial charge in [0.05, 0.1) is 11.1 Å². The first-order valence-electron chi connectivity index (χ1n) is 8.16. The van der Waals surface area contributed by atoms with E-state index in [4.69, 9.17) is 0 Å². The Hall–Kier alpha value is -2.55. The van der Waals surface area contributed by atoms with Crippen LogP contribution in [0.3, 0.4) is 0 Å². The second kappa shape index (κ2) is 5.58. The van der Waals surface area contributed by atoms with Crippen molar-refractivity contribution in [2.75, 3.05) is 0 Å². The number of nitrogens with zero attached hydrogens (tertiary/aromatic N) is 1. The van der Waals surface area contributed by atoms with Gasteiger partial charge in [-0.25, -0.2) is 4.79 Å². The minimum Gasteiger partial charge on any atom is -0.478 e. The quantitative estimate of drug-likeness (QED) is 0.785. The van der Waals surface area contributed by atoms with E-state index in [0.29, 0.717) is 5.56 Å². The molecule has 1 aromatic heterocycles. The van der Waals surface area contributed by atoms with E-state index < -0.39 is 5.97 Å². The summed E-state index contributed by atoms with van der Waals surface area (Å²) in [5, 5.41) is 10.7. The van der Waals surface area contributed by atoms with Gasteiger partial charge in [-0.05, 0) is 42.9 Å². The van der Waals surface area contributed by atoms with Crippen LogP contribution in [0.1, 0.15) is 40.0 Å². The summed E-state index contributed by atoms with van der Waals surface area (Å²) in [4.78, 5) is 11.7. The molecule has 3 heteroatoms. The highest BCUT2D eigenvalue weighted by Gasteiger charge is 2.23. The predicted molar refractivity (Wildman–Crippen MR) is 91.1 cm³/mol. The third kappa shape index (κ3) is 2.33. The summed E-state index contributed by atoms with van der Waals surface area (Å²) in [5.74, 6) is -0.847. The van der Waals surface area contributed by atoms with Gasteiger partial charge in [0.15, 0.2) is 0 Å². The number of carbonyl (C=O) groups is 1. The standard InChI is InChI=1S/C20H19NO2/c22-20(23)17-11-6-10-16-15-9-4-5-12-18(15)21(19(16)17)13-14-7-2-1-3-8-14/h1-3,6-8,10-11H,4-5,9,12-13H2,(H,22,23). The number of rotatable bonds is 3. The van der Waals surface area contributed by atoms with Gasteiger partial charge in [0.25, 0.3) is 0 Å². The number of aromatic nitrogens is 1. The first kappa shape index (κ1) is 14.1. The van der Waals surface area contributed by atoms with Crippen molar-refractivity contribution in [2.24, 2.45) is 0 Å². The molecule has 0 fully saturated rings. The van der Waals surface area contributed by atoms with Gasteiger partial charge >= 0.3 is 5.97 Å². The van der Waals surface area contributed by atoms with Crippen LogP contribution in [-0.4, -0.2) is 15.6 Å². The molecule has 0 atom stereocenters. The second-order valence-corrected chi connectivity index (χ2v) is 6.21. The molecular weight excluding hydrogens is 286 g/mol. The third-order valence-electron chi connectivity index (χ3n) is 4.81. The summed E-state index contributed by atoms with van der Waals surface area (Å²) in [6, 6.07) is 15.9. The smallest absolute Gasteiger partial charge is 0.337 e. The number of aryl methyl sites for hydroxylation is 1. The number of fused-ring (bicyclic) bond motifs is 3. The number of aromatic carboxylic acids is 1. The van der Waals surface area contributed by atoms with Gasteiger partial charge in [-0.2, -0.15) is 0 Å². The fourth-order valence-corrected chi connectivity index (χ4v) is 3.80. The molecule has 1 aliphatic rings. The van der Waals surface area contributed by atoms with E-state index in [0.717, 1.165) is 30.3 Å². The van der Waals surface area contributed by atoms with Crippen LogP contribution >= 0.6 is 0 Å². The number of benzene rings is 2. The van der Waals surface area contributed by atoms with E-state index in [1.165, 1.54) is 29.7 Å². The van der Waals surface area contributed by atoms with Gasteiger partial charge in [0.1, 0.15) is 0 Å². The Balaban J connectivity index is 1.98. The summed E-state index contributed by atoms with van der Waals surface area (Å²) in [6.45, 7) is 0.733. The minimum atomic E-state index is -0.847. The molecule has 0 saturated carbocycles. The number of carboxylic acids is 1. The van der Waals surface area contributed by atoms with E-state index in [9.17, 15) is 9.90 Å². The Labute approximate surface area is 135 Å². The Kier molecular flexibility index (Phi) is 3.41. The van der Waals surface area contributed by atoms with Crippen LogP contribution in [0.15, 0.2) is 48.5 Å². The maximum atomic E-state index is 11.7. The lowest BCUT2D eigenvalue weighted by Crippen LogP contribution is -2.10. The van der Waals surface area contributed by atoms with Gasteiger partial charge in [-0.3, -0.25) is 0 Å². The lowest BCUT2D eigenvalue weighted by Gasteiger charge is -2.16. The number of hydrogen-bond donors (Lipinski definition) is 1. The molecule has 0 saturated heterocycles. The fraction of sp³-hybridized carbons (Fsp3) is 0.250. The van der Waals surface area contributed by atoms with Crippen molar-refractivity contribution in [1.82, 2.24) is 4.57 Å². The molecule has 0 bridgehead atoms. The van der Waals surface area contributed by atoms with Gasteiger partial charge < -0.3 is 9.67 Å². The topological polar surface area (TPSA) is 42.2 Å². The van der Waals surface area contributed by atoms with Crippen LogP contribution in [0, 0.1) is 0 Å². The number of para-hydroxylation sites is 1. The van der Waals surface area contributed by atoms with Gasteiger partial charge in [-0.1, -0.05) is 42.5 Å². The minimum absolute atomic E-state index is 0.410. The molecule has 1 aliphatic carbocycles. The average Bonchev–Trinajstić information content (AvgIpc) is 2.90. The molecular formula is C20H19NO2. The highest BCUT2D eigenvalue weighted by atomic mass is 16.4. The van der Waals surface area contributed by atoms with Crippen molar-refractivity contribution in [3.05, 3.63) is 70.9 Å². The van der Waals surface area contributed by atoms with Crippen LogP contribution in [0.5, 0.6) is 0 Å². The normalized spacial score (nSPS) is 13.9. The Bertz CT molecular complexity index is 878. The van der Waals surface area contributed by atoms with Crippen LogP contribution in [0.4, 0.5) is 0 Å². The van der Waals surface area contributed by atoms with Gasteiger partial charge in [0.2, 0.25) is 0 Å². The zero-order chi connectivity index (χ0) is 15.8. The van der Waals surface area contributed by atoms with E-state index in [1.54, 1.807) is 6.07 Å². The highest BCUT2D eigenvalue weighted by Crippen LogP contribution is 2.34. The first-order chi connectivity index (χ1) is 11.3. The van der Waals surface area contributed by atoms with E-state index >= 15 is 0 Å². The van der Waals surface area contributed by atoms with Crippen molar-refractivity contribution in [1.29, 1.82) is 0 Å². The summed E-state index contributed by atoms with van der Waals surface area (Å²) in [7, 11) is 0. The molecule has 2 aromatic carbocycles. The summed E-state index contributed by atoms with van der Waals surface area (Å²) < 4.78 is 2.24. The van der Waals surface area contributed by atoms with Crippen LogP contribution in [-0.2, 0) is 19.4 Å². The van der Waals surface area contributed by atoms with E-state index in [-0.39, 0.29) is 0 Å². The number of hydrogen-bond acceptors (Lipinski definition) is 1. The summed E-state index contributed by atoms with van der Waals surface area (Å²) in [5.41, 5.74) is 5.18. The largest absolute Gasteiger partial charge is 0.478 e. The monoisotopic (exact) mass is 305 g/mol. The summed E-state index contributed by atoms with van der Waals surface area (Å²) >= 11 is 0. The maximum absolute atomic E-state index is 11.7. The SMILES string of the molecule is O=C(O)c1cccc2c3c(n(Cc4ccccc4)c12)CCCC3. The van der Waals surface area contributed by atoms with Crippen molar-refractivity contribution in [2.45, 2.75) is 32.2 Å². The molecule has 0 aliphatic heterocycles. The zero-order valence-electron chi connectivity index (χ0n) is 13.0. The van der Waals surface area contributed by atoms with E-state index in [2.05, 4.69) is 22.8 Å². The molecule has 4 rings (SSSR count). The molecule has 3 aromatic rings. The Morgan fingerprint density at radius 2 is 1.78 bits per heavy atom. The van der Waals surface area contributed by atoms with Crippen molar-refractivity contribution in [3.8, 4) is 0 Å². The molecule has 1 heterocycles. The van der Waals surface area contributed by atoms with Crippen molar-refractivity contribution < 1.29 is 9.90 Å². The van der Waals surface area contributed by atoms with Crippen LogP contribution < -0.4 is 0 Å². The van der Waals surface area contributed by atoms with Crippen molar-refractivity contribution >= 4 is 16.9 Å².